The summed E-state index contributed by atoms with van der Waals surface area (Å²) in [5.41, 5.74) is 0.480. The van der Waals surface area contributed by atoms with Crippen molar-refractivity contribution in [2.45, 2.75) is 0 Å². The second-order valence-electron chi connectivity index (χ2n) is 4.36. The van der Waals surface area contributed by atoms with Crippen LogP contribution in [0.5, 0.6) is 5.75 Å². The molecule has 1 heterocycles. The van der Waals surface area contributed by atoms with E-state index in [0.717, 1.165) is 9.86 Å². The highest BCUT2D eigenvalue weighted by Crippen LogP contribution is 2.22. The van der Waals surface area contributed by atoms with Gasteiger partial charge in [0.05, 0.1) is 15.8 Å². The Balaban J connectivity index is 1.89. The summed E-state index contributed by atoms with van der Waals surface area (Å²) >= 11 is 4.52. The number of hydrogen-bond donors (Lipinski definition) is 0. The molecule has 0 fully saturated rings. The molecule has 0 N–H and O–H groups in total. The van der Waals surface area contributed by atoms with Crippen LogP contribution in [0.3, 0.4) is 0 Å². The Kier molecular flexibility index (Phi) is 6.06. The summed E-state index contributed by atoms with van der Waals surface area (Å²) in [6.07, 6.45) is 2.54. The molecule has 0 radical (unpaired) electrons. The first-order valence-electron chi connectivity index (χ1n) is 6.46. The summed E-state index contributed by atoms with van der Waals surface area (Å²) in [5.74, 6) is -1.36. The number of esters is 1. The van der Waals surface area contributed by atoms with Crippen LogP contribution in [-0.4, -0.2) is 25.5 Å². The van der Waals surface area contributed by atoms with E-state index < -0.39 is 11.8 Å². The van der Waals surface area contributed by atoms with Gasteiger partial charge in [0.2, 0.25) is 5.78 Å². The number of carbonyl (C=O) groups is 2. The lowest BCUT2D eigenvalue weighted by Crippen LogP contribution is -2.11. The number of Topliss-reactive ketones (excluding diaryl/α,β-unsaturated/α-hetero) is 1. The Morgan fingerprint density at radius 3 is 2.70 bits per heavy atom. The van der Waals surface area contributed by atoms with E-state index in [9.17, 15) is 14.0 Å². The molecule has 0 aliphatic heterocycles. The van der Waals surface area contributed by atoms with E-state index >= 15 is 0 Å². The quantitative estimate of drug-likeness (QED) is 0.417. The van der Waals surface area contributed by atoms with Gasteiger partial charge in [-0.15, -0.1) is 11.3 Å². The van der Waals surface area contributed by atoms with Crippen LogP contribution in [0, 0.1) is 5.82 Å². The normalized spacial score (nSPS) is 10.7. The maximum Gasteiger partial charge on any atom is 0.331 e. The average molecular weight is 399 g/mol. The van der Waals surface area contributed by atoms with Crippen molar-refractivity contribution in [1.29, 1.82) is 0 Å². The number of hydrogen-bond acceptors (Lipinski definition) is 5. The van der Waals surface area contributed by atoms with Crippen molar-refractivity contribution in [2.24, 2.45) is 0 Å². The van der Waals surface area contributed by atoms with Crippen LogP contribution in [0.4, 0.5) is 4.39 Å². The van der Waals surface area contributed by atoms with Crippen molar-refractivity contribution in [1.82, 2.24) is 0 Å². The highest BCUT2D eigenvalue weighted by atomic mass is 79.9. The van der Waals surface area contributed by atoms with Crippen molar-refractivity contribution >= 4 is 45.1 Å². The van der Waals surface area contributed by atoms with Crippen LogP contribution in [0.2, 0.25) is 0 Å². The molecule has 2 rings (SSSR count). The zero-order valence-electron chi connectivity index (χ0n) is 12.0. The van der Waals surface area contributed by atoms with Crippen molar-refractivity contribution in [3.8, 4) is 5.75 Å². The van der Waals surface area contributed by atoms with Crippen molar-refractivity contribution in [3.63, 3.8) is 0 Å². The smallest absolute Gasteiger partial charge is 0.331 e. The van der Waals surface area contributed by atoms with E-state index in [1.165, 1.54) is 36.7 Å². The van der Waals surface area contributed by atoms with Crippen molar-refractivity contribution < 1.29 is 23.5 Å². The summed E-state index contributed by atoms with van der Waals surface area (Å²) in [6, 6.07) is 7.69. The van der Waals surface area contributed by atoms with Gasteiger partial charge in [0.25, 0.3) is 0 Å². The molecule has 0 spiro atoms. The Bertz CT molecular complexity index is 754. The lowest BCUT2D eigenvalue weighted by Gasteiger charge is -2.02. The standard InChI is InChI=1S/C16H12BrFO4S/c1-21-13-4-2-10(8-11(13)18)3-7-16(20)22-9-12(19)14-5-6-15(17)23-14/h2-8H,9H2,1H3/b7-3+. The van der Waals surface area contributed by atoms with E-state index in [1.807, 2.05) is 0 Å². The third-order valence-electron chi connectivity index (χ3n) is 2.78. The van der Waals surface area contributed by atoms with E-state index in [0.29, 0.717) is 10.4 Å². The van der Waals surface area contributed by atoms with Crippen LogP contribution < -0.4 is 4.74 Å². The lowest BCUT2D eigenvalue weighted by atomic mass is 10.2. The average Bonchev–Trinajstić information content (AvgIpc) is 2.97. The maximum absolute atomic E-state index is 13.5. The van der Waals surface area contributed by atoms with Crippen LogP contribution in [-0.2, 0) is 9.53 Å². The highest BCUT2D eigenvalue weighted by molar-refractivity contribution is 9.11. The maximum atomic E-state index is 13.5. The summed E-state index contributed by atoms with van der Waals surface area (Å²) < 4.78 is 24.0. The minimum atomic E-state index is -0.676. The van der Waals surface area contributed by atoms with Gasteiger partial charge in [-0.1, -0.05) is 6.07 Å². The number of ether oxygens (including phenoxy) is 2. The van der Waals surface area contributed by atoms with Gasteiger partial charge in [-0.05, 0) is 51.8 Å². The number of halogens is 2. The number of benzene rings is 1. The number of rotatable bonds is 6. The second-order valence-corrected chi connectivity index (χ2v) is 6.82. The molecule has 0 bridgehead atoms. The largest absolute Gasteiger partial charge is 0.494 e. The molecule has 0 atom stereocenters. The topological polar surface area (TPSA) is 52.6 Å². The predicted molar refractivity (Wildman–Crippen MR) is 89.3 cm³/mol. The number of methoxy groups -OCH3 is 1. The number of carbonyl (C=O) groups excluding carboxylic acids is 2. The summed E-state index contributed by atoms with van der Waals surface area (Å²) in [5, 5.41) is 0. The van der Waals surface area contributed by atoms with Crippen LogP contribution in [0.1, 0.15) is 15.2 Å². The van der Waals surface area contributed by atoms with Gasteiger partial charge < -0.3 is 9.47 Å². The molecule has 4 nitrogen and oxygen atoms in total. The third kappa shape index (κ3) is 5.01. The molecular weight excluding hydrogens is 387 g/mol. The van der Waals surface area contributed by atoms with Crippen molar-refractivity contribution in [2.75, 3.05) is 13.7 Å². The molecule has 0 saturated heterocycles. The molecule has 0 aliphatic rings. The van der Waals surface area contributed by atoms with Crippen LogP contribution >= 0.6 is 27.3 Å². The molecule has 120 valence electrons. The third-order valence-corrected chi connectivity index (χ3v) is 4.45. The minimum Gasteiger partial charge on any atom is -0.494 e. The van der Waals surface area contributed by atoms with Gasteiger partial charge in [-0.2, -0.15) is 0 Å². The fourth-order valence-corrected chi connectivity index (χ4v) is 2.98. The SMILES string of the molecule is COc1ccc(/C=C/C(=O)OCC(=O)c2ccc(Br)s2)cc1F. The molecule has 0 amide bonds. The van der Waals surface area contributed by atoms with Gasteiger partial charge in [-0.25, -0.2) is 9.18 Å². The monoisotopic (exact) mass is 398 g/mol. The number of ketones is 1. The summed E-state index contributed by atoms with van der Waals surface area (Å²) in [7, 11) is 1.37. The van der Waals surface area contributed by atoms with Gasteiger partial charge in [0, 0.05) is 6.08 Å². The van der Waals surface area contributed by atoms with Gasteiger partial charge in [0.1, 0.15) is 0 Å². The molecule has 1 aromatic heterocycles. The van der Waals surface area contributed by atoms with Crippen LogP contribution in [0.25, 0.3) is 6.08 Å². The molecule has 0 aliphatic carbocycles. The molecule has 2 aromatic rings. The minimum absolute atomic E-state index is 0.123. The number of thiophene rings is 1. The zero-order valence-corrected chi connectivity index (χ0v) is 14.4. The molecule has 0 unspecified atom stereocenters. The van der Waals surface area contributed by atoms with E-state index in [1.54, 1.807) is 18.2 Å². The first kappa shape index (κ1) is 17.4. The fraction of sp³-hybridized carbons (Fsp3) is 0.125. The lowest BCUT2D eigenvalue weighted by molar-refractivity contribution is -0.136. The van der Waals surface area contributed by atoms with Crippen LogP contribution in [0.15, 0.2) is 40.2 Å². The second kappa shape index (κ2) is 8.03. The molecule has 23 heavy (non-hydrogen) atoms. The molecular formula is C16H12BrFO4S. The molecule has 7 heteroatoms. The Hall–Kier alpha value is -1.99. The van der Waals surface area contributed by atoms with Gasteiger partial charge in [0.15, 0.2) is 18.2 Å². The highest BCUT2D eigenvalue weighted by Gasteiger charge is 2.10. The van der Waals surface area contributed by atoms with Crippen molar-refractivity contribution in [3.05, 3.63) is 56.5 Å². The van der Waals surface area contributed by atoms with Gasteiger partial charge in [-0.3, -0.25) is 4.79 Å². The zero-order chi connectivity index (χ0) is 16.8. The summed E-state index contributed by atoms with van der Waals surface area (Å²) in [6.45, 7) is -0.340. The first-order chi connectivity index (χ1) is 11.0. The van der Waals surface area contributed by atoms with E-state index in [2.05, 4.69) is 15.9 Å². The van der Waals surface area contributed by atoms with E-state index in [4.69, 9.17) is 9.47 Å². The van der Waals surface area contributed by atoms with E-state index in [-0.39, 0.29) is 18.1 Å². The summed E-state index contributed by atoms with van der Waals surface area (Å²) in [4.78, 5) is 23.9. The fourth-order valence-electron chi connectivity index (χ4n) is 1.67. The first-order valence-corrected chi connectivity index (χ1v) is 8.07. The Morgan fingerprint density at radius 1 is 1.30 bits per heavy atom. The van der Waals surface area contributed by atoms with Gasteiger partial charge >= 0.3 is 5.97 Å². The molecule has 1 aromatic carbocycles. The Morgan fingerprint density at radius 2 is 2.09 bits per heavy atom. The predicted octanol–water partition coefficient (Wildman–Crippen LogP) is 4.10. The Labute approximate surface area is 144 Å². The molecule has 0 saturated carbocycles.